The van der Waals surface area contributed by atoms with Crippen molar-refractivity contribution in [1.82, 2.24) is 5.32 Å². The number of benzene rings is 1. The third kappa shape index (κ3) is 5.64. The standard InChI is InChI=1S/C15H21NO2/c1-12-3-5-14(6-4-12)7-8-15(18)16-11-13(2)9-10-17/h3-8,13,17H,9-11H2,1-2H3,(H,16,18). The molecule has 1 amide bonds. The lowest BCUT2D eigenvalue weighted by molar-refractivity contribution is -0.116. The van der Waals surface area contributed by atoms with E-state index >= 15 is 0 Å². The van der Waals surface area contributed by atoms with Crippen LogP contribution in [0.3, 0.4) is 0 Å². The molecular weight excluding hydrogens is 226 g/mol. The molecule has 0 saturated heterocycles. The smallest absolute Gasteiger partial charge is 0.244 e. The van der Waals surface area contributed by atoms with Crippen LogP contribution in [0.1, 0.15) is 24.5 Å². The first-order valence-corrected chi connectivity index (χ1v) is 6.25. The molecule has 3 nitrogen and oxygen atoms in total. The third-order valence-corrected chi connectivity index (χ3v) is 2.75. The maximum atomic E-state index is 11.5. The minimum absolute atomic E-state index is 0.0969. The van der Waals surface area contributed by atoms with Crippen molar-refractivity contribution in [2.75, 3.05) is 13.2 Å². The molecule has 3 heteroatoms. The molecule has 0 fully saturated rings. The molecule has 1 unspecified atom stereocenters. The monoisotopic (exact) mass is 247 g/mol. The van der Waals surface area contributed by atoms with Gasteiger partial charge in [-0.15, -0.1) is 0 Å². The highest BCUT2D eigenvalue weighted by Crippen LogP contribution is 2.04. The first-order chi connectivity index (χ1) is 8.61. The van der Waals surface area contributed by atoms with E-state index in [-0.39, 0.29) is 12.5 Å². The lowest BCUT2D eigenvalue weighted by Crippen LogP contribution is -2.26. The molecule has 0 saturated carbocycles. The number of carbonyl (C=O) groups is 1. The van der Waals surface area contributed by atoms with Crippen molar-refractivity contribution in [3.8, 4) is 0 Å². The molecule has 0 aliphatic carbocycles. The summed E-state index contributed by atoms with van der Waals surface area (Å²) in [6, 6.07) is 7.99. The number of aryl methyl sites for hydroxylation is 1. The highest BCUT2D eigenvalue weighted by Gasteiger charge is 2.02. The minimum Gasteiger partial charge on any atom is -0.396 e. The quantitative estimate of drug-likeness (QED) is 0.757. The van der Waals surface area contributed by atoms with Gasteiger partial charge >= 0.3 is 0 Å². The van der Waals surface area contributed by atoms with Gasteiger partial charge in [-0.2, -0.15) is 0 Å². The lowest BCUT2D eigenvalue weighted by Gasteiger charge is -2.09. The van der Waals surface area contributed by atoms with Crippen molar-refractivity contribution in [2.24, 2.45) is 5.92 Å². The Kier molecular flexibility index (Phi) is 6.15. The number of aliphatic hydroxyl groups excluding tert-OH is 1. The van der Waals surface area contributed by atoms with Crippen LogP contribution in [0, 0.1) is 12.8 Å². The number of aliphatic hydroxyl groups is 1. The largest absolute Gasteiger partial charge is 0.396 e. The van der Waals surface area contributed by atoms with Crippen molar-refractivity contribution in [3.05, 3.63) is 41.5 Å². The van der Waals surface area contributed by atoms with Gasteiger partial charge < -0.3 is 10.4 Å². The van der Waals surface area contributed by atoms with E-state index < -0.39 is 0 Å². The predicted octanol–water partition coefficient (Wildman–Crippen LogP) is 2.14. The molecule has 1 atom stereocenters. The fraction of sp³-hybridized carbons (Fsp3) is 0.400. The zero-order valence-electron chi connectivity index (χ0n) is 11.0. The first kappa shape index (κ1) is 14.5. The summed E-state index contributed by atoms with van der Waals surface area (Å²) in [5.74, 6) is 0.201. The maximum Gasteiger partial charge on any atom is 0.244 e. The molecule has 18 heavy (non-hydrogen) atoms. The van der Waals surface area contributed by atoms with E-state index in [9.17, 15) is 4.79 Å². The molecule has 1 aromatic carbocycles. The van der Waals surface area contributed by atoms with Crippen molar-refractivity contribution < 1.29 is 9.90 Å². The first-order valence-electron chi connectivity index (χ1n) is 6.25. The number of nitrogens with one attached hydrogen (secondary N) is 1. The van der Waals surface area contributed by atoms with Crippen LogP contribution < -0.4 is 5.32 Å². The molecule has 0 heterocycles. The number of amides is 1. The van der Waals surface area contributed by atoms with Crippen molar-refractivity contribution >= 4 is 12.0 Å². The van der Waals surface area contributed by atoms with Crippen LogP contribution in [0.4, 0.5) is 0 Å². The zero-order chi connectivity index (χ0) is 13.4. The number of carbonyl (C=O) groups excluding carboxylic acids is 1. The molecule has 0 spiro atoms. The second-order valence-corrected chi connectivity index (χ2v) is 4.61. The van der Waals surface area contributed by atoms with Crippen LogP contribution in [0.2, 0.25) is 0 Å². The second kappa shape index (κ2) is 7.67. The Hall–Kier alpha value is -1.61. The average molecular weight is 247 g/mol. The summed E-state index contributed by atoms with van der Waals surface area (Å²) in [4.78, 5) is 11.5. The molecule has 1 aromatic rings. The van der Waals surface area contributed by atoms with Gasteiger partial charge in [0.15, 0.2) is 0 Å². The maximum absolute atomic E-state index is 11.5. The van der Waals surface area contributed by atoms with Gasteiger partial charge in [0, 0.05) is 19.2 Å². The van der Waals surface area contributed by atoms with E-state index in [4.69, 9.17) is 5.11 Å². The van der Waals surface area contributed by atoms with E-state index in [0.717, 1.165) is 5.56 Å². The zero-order valence-corrected chi connectivity index (χ0v) is 11.0. The summed E-state index contributed by atoms with van der Waals surface area (Å²) in [5, 5.41) is 11.6. The molecular formula is C15H21NO2. The Morgan fingerprint density at radius 2 is 2.06 bits per heavy atom. The Labute approximate surface area is 109 Å². The van der Waals surface area contributed by atoms with Crippen molar-refractivity contribution in [1.29, 1.82) is 0 Å². The Morgan fingerprint density at radius 1 is 1.39 bits per heavy atom. The van der Waals surface area contributed by atoms with E-state index in [1.165, 1.54) is 11.6 Å². The van der Waals surface area contributed by atoms with Gasteiger partial charge in [-0.3, -0.25) is 4.79 Å². The SMILES string of the molecule is Cc1ccc(C=CC(=O)NCC(C)CCO)cc1. The summed E-state index contributed by atoms with van der Waals surface area (Å²) >= 11 is 0. The number of hydrogen-bond acceptors (Lipinski definition) is 2. The minimum atomic E-state index is -0.0969. The normalized spacial score (nSPS) is 12.6. The predicted molar refractivity (Wildman–Crippen MR) is 74.1 cm³/mol. The number of hydrogen-bond donors (Lipinski definition) is 2. The van der Waals surface area contributed by atoms with Gasteiger partial charge in [-0.05, 0) is 30.9 Å². The van der Waals surface area contributed by atoms with Crippen LogP contribution in [-0.4, -0.2) is 24.2 Å². The Balaban J connectivity index is 2.37. The van der Waals surface area contributed by atoms with E-state index in [0.29, 0.717) is 18.9 Å². The molecule has 0 aliphatic rings. The Bertz CT molecular complexity index is 395. The summed E-state index contributed by atoms with van der Waals surface area (Å²) in [5.41, 5.74) is 2.22. The van der Waals surface area contributed by atoms with E-state index in [2.05, 4.69) is 5.32 Å². The molecule has 0 aliphatic heterocycles. The fourth-order valence-corrected chi connectivity index (χ4v) is 1.51. The average Bonchev–Trinajstić information content (AvgIpc) is 2.36. The van der Waals surface area contributed by atoms with Crippen molar-refractivity contribution in [2.45, 2.75) is 20.3 Å². The summed E-state index contributed by atoms with van der Waals surface area (Å²) in [7, 11) is 0. The molecule has 2 N–H and O–H groups in total. The molecule has 1 rings (SSSR count). The van der Waals surface area contributed by atoms with Gasteiger partial charge in [-0.1, -0.05) is 36.8 Å². The molecule has 0 bridgehead atoms. The topological polar surface area (TPSA) is 49.3 Å². The highest BCUT2D eigenvalue weighted by atomic mass is 16.3. The van der Waals surface area contributed by atoms with E-state index in [1.54, 1.807) is 6.08 Å². The lowest BCUT2D eigenvalue weighted by atomic mass is 10.1. The van der Waals surface area contributed by atoms with Crippen LogP contribution in [0.15, 0.2) is 30.3 Å². The van der Waals surface area contributed by atoms with Crippen LogP contribution >= 0.6 is 0 Å². The second-order valence-electron chi connectivity index (χ2n) is 4.61. The fourth-order valence-electron chi connectivity index (χ4n) is 1.51. The van der Waals surface area contributed by atoms with Crippen LogP contribution in [0.25, 0.3) is 6.08 Å². The van der Waals surface area contributed by atoms with Crippen LogP contribution in [0.5, 0.6) is 0 Å². The van der Waals surface area contributed by atoms with Crippen molar-refractivity contribution in [3.63, 3.8) is 0 Å². The van der Waals surface area contributed by atoms with Gasteiger partial charge in [-0.25, -0.2) is 0 Å². The molecule has 0 aromatic heterocycles. The summed E-state index contributed by atoms with van der Waals surface area (Å²) in [6.45, 7) is 4.79. The summed E-state index contributed by atoms with van der Waals surface area (Å²) in [6.07, 6.45) is 4.05. The van der Waals surface area contributed by atoms with Crippen LogP contribution in [-0.2, 0) is 4.79 Å². The summed E-state index contributed by atoms with van der Waals surface area (Å²) < 4.78 is 0. The van der Waals surface area contributed by atoms with E-state index in [1.807, 2.05) is 38.1 Å². The van der Waals surface area contributed by atoms with Gasteiger partial charge in [0.05, 0.1) is 0 Å². The van der Waals surface area contributed by atoms with Gasteiger partial charge in [0.25, 0.3) is 0 Å². The number of rotatable bonds is 6. The highest BCUT2D eigenvalue weighted by molar-refractivity contribution is 5.91. The third-order valence-electron chi connectivity index (χ3n) is 2.75. The van der Waals surface area contributed by atoms with Gasteiger partial charge in [0.2, 0.25) is 5.91 Å². The Morgan fingerprint density at radius 3 is 2.67 bits per heavy atom. The molecule has 0 radical (unpaired) electrons. The van der Waals surface area contributed by atoms with Gasteiger partial charge in [0.1, 0.15) is 0 Å². The molecule has 98 valence electrons.